The minimum absolute atomic E-state index is 0.380. The first-order valence-corrected chi connectivity index (χ1v) is 7.50. The van der Waals surface area contributed by atoms with Crippen molar-refractivity contribution in [1.29, 1.82) is 0 Å². The van der Waals surface area contributed by atoms with Crippen LogP contribution in [0.2, 0.25) is 0 Å². The molecule has 0 N–H and O–H groups in total. The van der Waals surface area contributed by atoms with Crippen LogP contribution in [0.25, 0.3) is 10.4 Å². The summed E-state index contributed by atoms with van der Waals surface area (Å²) in [6.45, 7) is 4.06. The molecule has 0 aromatic rings. The van der Waals surface area contributed by atoms with Gasteiger partial charge in [0.05, 0.1) is 0 Å². The third-order valence-electron chi connectivity index (χ3n) is 3.13. The van der Waals surface area contributed by atoms with Crippen LogP contribution < -0.4 is 0 Å². The zero-order valence-corrected chi connectivity index (χ0v) is 14.6. The Bertz CT molecular complexity index is 617. The van der Waals surface area contributed by atoms with Crippen molar-refractivity contribution in [3.63, 3.8) is 0 Å². The first kappa shape index (κ1) is 21.2. The largest absolute Gasteiger partial charge is 0.463 e. The van der Waals surface area contributed by atoms with Gasteiger partial charge in [0.25, 0.3) is 0 Å². The van der Waals surface area contributed by atoms with Crippen molar-refractivity contribution in [1.82, 2.24) is 0 Å². The maximum Gasteiger partial charge on any atom is 0.303 e. The highest BCUT2D eigenvalue weighted by Crippen LogP contribution is 2.29. The number of carbonyl (C=O) groups is 4. The Labute approximate surface area is 148 Å². The predicted octanol–water partition coefficient (Wildman–Crippen LogP) is 0.380. The number of hydrogen-bond acceptors (Lipinski definition) is 10. The molecule has 1 fully saturated rings. The maximum atomic E-state index is 11.5. The maximum absolute atomic E-state index is 11.5. The molecule has 144 valence electrons. The Kier molecular flexibility index (Phi) is 7.81. The van der Waals surface area contributed by atoms with Crippen LogP contribution in [-0.2, 0) is 42.9 Å². The van der Waals surface area contributed by atoms with Gasteiger partial charge in [0.15, 0.2) is 24.5 Å². The number of nitrogens with zero attached hydrogens (tertiary/aromatic N) is 3. The summed E-state index contributed by atoms with van der Waals surface area (Å²) in [5.41, 5.74) is 8.71. The topological polar surface area (TPSA) is 163 Å². The number of hydrogen-bond donors (Lipinski definition) is 0. The van der Waals surface area contributed by atoms with Crippen LogP contribution in [0.5, 0.6) is 0 Å². The molecule has 0 aliphatic carbocycles. The van der Waals surface area contributed by atoms with E-state index in [-0.39, 0.29) is 6.61 Å². The Morgan fingerprint density at radius 2 is 1.38 bits per heavy atom. The number of carbonyl (C=O) groups excluding carboxylic acids is 4. The molecule has 0 spiro atoms. The van der Waals surface area contributed by atoms with Crippen molar-refractivity contribution in [3.8, 4) is 0 Å². The summed E-state index contributed by atoms with van der Waals surface area (Å²) in [5, 5.41) is 3.38. The molecule has 0 aromatic carbocycles. The Balaban J connectivity index is 3.28. The molecular weight excluding hydrogens is 354 g/mol. The molecule has 0 saturated carbocycles. The van der Waals surface area contributed by atoms with Gasteiger partial charge >= 0.3 is 23.9 Å². The summed E-state index contributed by atoms with van der Waals surface area (Å²) in [6, 6.07) is 0. The van der Waals surface area contributed by atoms with Crippen molar-refractivity contribution in [3.05, 3.63) is 10.4 Å². The van der Waals surface area contributed by atoms with Crippen LogP contribution in [0.1, 0.15) is 27.7 Å². The number of azide groups is 1. The summed E-state index contributed by atoms with van der Waals surface area (Å²) in [6.07, 6.45) is -6.52. The zero-order valence-electron chi connectivity index (χ0n) is 14.6. The number of rotatable bonds is 6. The van der Waals surface area contributed by atoms with Gasteiger partial charge in [0.2, 0.25) is 0 Å². The van der Waals surface area contributed by atoms with Crippen molar-refractivity contribution in [2.45, 2.75) is 58.3 Å². The fourth-order valence-electron chi connectivity index (χ4n) is 2.35. The third kappa shape index (κ3) is 6.22. The summed E-state index contributed by atoms with van der Waals surface area (Å²) >= 11 is 0. The van der Waals surface area contributed by atoms with E-state index in [1.54, 1.807) is 0 Å². The van der Waals surface area contributed by atoms with Crippen LogP contribution in [0.15, 0.2) is 5.11 Å². The van der Waals surface area contributed by atoms with Crippen molar-refractivity contribution < 1.29 is 42.9 Å². The van der Waals surface area contributed by atoms with Crippen LogP contribution in [0.3, 0.4) is 0 Å². The minimum atomic E-state index is -1.40. The molecule has 1 aliphatic heterocycles. The molecule has 1 aliphatic rings. The quantitative estimate of drug-likeness (QED) is 0.210. The summed E-state index contributed by atoms with van der Waals surface area (Å²) in [7, 11) is 0. The average molecular weight is 373 g/mol. The van der Waals surface area contributed by atoms with Gasteiger partial charge in [-0.15, -0.1) is 0 Å². The molecule has 1 saturated heterocycles. The van der Waals surface area contributed by atoms with Crippen LogP contribution >= 0.6 is 0 Å². The van der Waals surface area contributed by atoms with E-state index < -0.39 is 54.5 Å². The summed E-state index contributed by atoms with van der Waals surface area (Å²) in [5.74, 6) is -2.92. The minimum Gasteiger partial charge on any atom is -0.463 e. The van der Waals surface area contributed by atoms with E-state index in [1.807, 2.05) is 0 Å². The first-order valence-electron chi connectivity index (χ1n) is 7.50. The van der Waals surface area contributed by atoms with E-state index in [4.69, 9.17) is 29.2 Å². The van der Waals surface area contributed by atoms with E-state index in [1.165, 1.54) is 0 Å². The molecule has 0 bridgehead atoms. The zero-order chi connectivity index (χ0) is 19.9. The molecule has 5 atom stereocenters. The van der Waals surface area contributed by atoms with Gasteiger partial charge in [-0.25, -0.2) is 0 Å². The summed E-state index contributed by atoms with van der Waals surface area (Å²) in [4.78, 5) is 48.0. The second-order valence-electron chi connectivity index (χ2n) is 5.29. The van der Waals surface area contributed by atoms with Gasteiger partial charge in [-0.1, -0.05) is 5.11 Å². The first-order chi connectivity index (χ1) is 12.1. The molecule has 0 aromatic heterocycles. The van der Waals surface area contributed by atoms with Gasteiger partial charge in [-0.3, -0.25) is 19.2 Å². The molecule has 0 radical (unpaired) electrons. The van der Waals surface area contributed by atoms with E-state index in [0.29, 0.717) is 0 Å². The normalized spacial score (nSPS) is 27.5. The van der Waals surface area contributed by atoms with Crippen LogP contribution in [-0.4, -0.2) is 61.1 Å². The second kappa shape index (κ2) is 9.59. The monoisotopic (exact) mass is 373 g/mol. The van der Waals surface area contributed by atoms with Gasteiger partial charge in [-0.2, -0.15) is 0 Å². The van der Waals surface area contributed by atoms with Crippen LogP contribution in [0.4, 0.5) is 0 Å². The number of ether oxygens (including phenoxy) is 5. The Morgan fingerprint density at radius 3 is 1.85 bits per heavy atom. The predicted molar refractivity (Wildman–Crippen MR) is 81.1 cm³/mol. The molecule has 1 heterocycles. The SMILES string of the molecule is CC(=O)OCC1O[C@@H](N=[N+]=[N-])[C@@H](OC(C)=O)C(OC(C)=O)[C@@H]1OC(C)=O. The molecule has 26 heavy (non-hydrogen) atoms. The smallest absolute Gasteiger partial charge is 0.303 e. The van der Waals surface area contributed by atoms with E-state index in [0.717, 1.165) is 27.7 Å². The highest BCUT2D eigenvalue weighted by Gasteiger charge is 2.51. The van der Waals surface area contributed by atoms with Gasteiger partial charge in [0, 0.05) is 32.6 Å². The molecule has 1 rings (SSSR count). The Hall–Kier alpha value is -2.85. The van der Waals surface area contributed by atoms with Crippen molar-refractivity contribution in [2.24, 2.45) is 5.11 Å². The van der Waals surface area contributed by atoms with Crippen LogP contribution in [0, 0.1) is 0 Å². The highest BCUT2D eigenvalue weighted by atomic mass is 16.7. The lowest BCUT2D eigenvalue weighted by Gasteiger charge is -2.43. The number of esters is 4. The Morgan fingerprint density at radius 1 is 0.885 bits per heavy atom. The fourth-order valence-corrected chi connectivity index (χ4v) is 2.35. The van der Waals surface area contributed by atoms with Gasteiger partial charge in [-0.05, 0) is 5.53 Å². The van der Waals surface area contributed by atoms with Crippen molar-refractivity contribution in [2.75, 3.05) is 6.61 Å². The standard InChI is InChI=1S/C14H19N3O9/c1-6(18)22-5-10-11(23-7(2)19)12(24-8(3)20)13(25-9(4)21)14(26-10)16-17-15/h10-14H,5H2,1-4H3/t10?,11-,12?,13+,14-/m1/s1. The molecule has 12 heteroatoms. The fraction of sp³-hybridized carbons (Fsp3) is 0.714. The van der Waals surface area contributed by atoms with E-state index in [9.17, 15) is 19.2 Å². The average Bonchev–Trinajstić information content (AvgIpc) is 2.50. The third-order valence-corrected chi connectivity index (χ3v) is 3.13. The second-order valence-corrected chi connectivity index (χ2v) is 5.29. The lowest BCUT2D eigenvalue weighted by atomic mass is 9.97. The van der Waals surface area contributed by atoms with Crippen molar-refractivity contribution >= 4 is 23.9 Å². The summed E-state index contributed by atoms with van der Waals surface area (Å²) < 4.78 is 25.6. The van der Waals surface area contributed by atoms with Gasteiger partial charge in [0.1, 0.15) is 12.7 Å². The molecule has 2 unspecified atom stereocenters. The molecular formula is C14H19N3O9. The highest BCUT2D eigenvalue weighted by molar-refractivity contribution is 5.68. The van der Waals surface area contributed by atoms with E-state index in [2.05, 4.69) is 10.0 Å². The lowest BCUT2D eigenvalue weighted by molar-refractivity contribution is -0.251. The molecule has 0 amide bonds. The molecule has 12 nitrogen and oxygen atoms in total. The lowest BCUT2D eigenvalue weighted by Crippen LogP contribution is -2.61. The van der Waals surface area contributed by atoms with Gasteiger partial charge < -0.3 is 23.7 Å². The van der Waals surface area contributed by atoms with E-state index >= 15 is 0 Å².